The van der Waals surface area contributed by atoms with Gasteiger partial charge in [0.05, 0.1) is 0 Å². The highest BCUT2D eigenvalue weighted by atomic mass is 32.2. The van der Waals surface area contributed by atoms with Crippen LogP contribution in [0.15, 0.2) is 0 Å². The van der Waals surface area contributed by atoms with Crippen LogP contribution < -0.4 is 5.32 Å². The van der Waals surface area contributed by atoms with Crippen LogP contribution in [0.5, 0.6) is 0 Å². The van der Waals surface area contributed by atoms with E-state index in [0.29, 0.717) is 12.8 Å². The number of nitrogens with one attached hydrogen (secondary N) is 1. The van der Waals surface area contributed by atoms with Gasteiger partial charge in [0.15, 0.2) is 0 Å². The number of rotatable bonds is 7. The Bertz CT molecular complexity index is 275. The number of hydrogen-bond acceptors (Lipinski definition) is 3. The van der Waals surface area contributed by atoms with E-state index in [1.165, 1.54) is 25.7 Å². The second-order valence-electron chi connectivity index (χ2n) is 4.62. The van der Waals surface area contributed by atoms with Crippen molar-refractivity contribution in [2.24, 2.45) is 0 Å². The number of carbonyl (C=O) groups is 2. The van der Waals surface area contributed by atoms with Crippen molar-refractivity contribution in [3.63, 3.8) is 0 Å². The van der Waals surface area contributed by atoms with Crippen LogP contribution >= 0.6 is 11.8 Å². The Morgan fingerprint density at radius 1 is 1.29 bits per heavy atom. The normalized spacial score (nSPS) is 17.9. The fourth-order valence-electron chi connectivity index (χ4n) is 2.22. The maximum absolute atomic E-state index is 11.5. The molecule has 0 unspecified atom stereocenters. The number of amides is 1. The van der Waals surface area contributed by atoms with E-state index >= 15 is 0 Å². The molecule has 0 aromatic rings. The van der Waals surface area contributed by atoms with Crippen LogP contribution in [0.2, 0.25) is 0 Å². The van der Waals surface area contributed by atoms with Crippen molar-refractivity contribution in [2.45, 2.75) is 49.7 Å². The fraction of sp³-hybridized carbons (Fsp3) is 0.833. The SMILES string of the molecule is CSC1(CNC(=O)CCCC(=O)O)CCCC1. The summed E-state index contributed by atoms with van der Waals surface area (Å²) in [7, 11) is 0. The van der Waals surface area contributed by atoms with Gasteiger partial charge in [-0.05, 0) is 25.5 Å². The number of hydrogen-bond donors (Lipinski definition) is 2. The topological polar surface area (TPSA) is 66.4 Å². The van der Waals surface area contributed by atoms with Gasteiger partial charge in [-0.2, -0.15) is 11.8 Å². The number of carboxylic acid groups (broad SMARTS) is 1. The van der Waals surface area contributed by atoms with E-state index < -0.39 is 5.97 Å². The second-order valence-corrected chi connectivity index (χ2v) is 5.89. The maximum Gasteiger partial charge on any atom is 0.303 e. The van der Waals surface area contributed by atoms with Gasteiger partial charge < -0.3 is 10.4 Å². The highest BCUT2D eigenvalue weighted by Gasteiger charge is 2.32. The third-order valence-electron chi connectivity index (χ3n) is 3.35. The molecule has 5 heteroatoms. The van der Waals surface area contributed by atoms with E-state index in [4.69, 9.17) is 5.11 Å². The Morgan fingerprint density at radius 3 is 2.47 bits per heavy atom. The van der Waals surface area contributed by atoms with Crippen LogP contribution in [0.3, 0.4) is 0 Å². The number of thioether (sulfide) groups is 1. The van der Waals surface area contributed by atoms with Crippen molar-refractivity contribution in [1.82, 2.24) is 5.32 Å². The van der Waals surface area contributed by atoms with Gasteiger partial charge in [-0.25, -0.2) is 0 Å². The smallest absolute Gasteiger partial charge is 0.303 e. The Labute approximate surface area is 107 Å². The predicted octanol–water partition coefficient (Wildman–Crippen LogP) is 2.03. The van der Waals surface area contributed by atoms with E-state index in [0.717, 1.165) is 6.54 Å². The predicted molar refractivity (Wildman–Crippen MR) is 69.2 cm³/mol. The summed E-state index contributed by atoms with van der Waals surface area (Å²) < 4.78 is 0.225. The van der Waals surface area contributed by atoms with Crippen molar-refractivity contribution in [3.8, 4) is 0 Å². The average molecular weight is 259 g/mol. The molecule has 1 saturated carbocycles. The highest BCUT2D eigenvalue weighted by molar-refractivity contribution is 8.00. The zero-order valence-corrected chi connectivity index (χ0v) is 11.1. The van der Waals surface area contributed by atoms with Crippen LogP contribution in [-0.4, -0.2) is 34.5 Å². The lowest BCUT2D eigenvalue weighted by molar-refractivity contribution is -0.137. The van der Waals surface area contributed by atoms with E-state index in [1.807, 2.05) is 11.8 Å². The first-order valence-corrected chi connectivity index (χ1v) is 7.34. The van der Waals surface area contributed by atoms with E-state index in [1.54, 1.807) is 0 Å². The lowest BCUT2D eigenvalue weighted by atomic mass is 10.1. The molecule has 98 valence electrons. The molecule has 0 aromatic heterocycles. The summed E-state index contributed by atoms with van der Waals surface area (Å²) >= 11 is 1.84. The summed E-state index contributed by atoms with van der Waals surface area (Å²) in [6, 6.07) is 0. The summed E-state index contributed by atoms with van der Waals surface area (Å²) in [5.41, 5.74) is 0. The molecule has 1 fully saturated rings. The Hall–Kier alpha value is -0.710. The summed E-state index contributed by atoms with van der Waals surface area (Å²) in [6.07, 6.45) is 7.74. The van der Waals surface area contributed by atoms with Gasteiger partial charge in [0.2, 0.25) is 5.91 Å². The first-order valence-electron chi connectivity index (χ1n) is 6.12. The van der Waals surface area contributed by atoms with Crippen molar-refractivity contribution in [1.29, 1.82) is 0 Å². The molecule has 17 heavy (non-hydrogen) atoms. The average Bonchev–Trinajstić information content (AvgIpc) is 2.75. The van der Waals surface area contributed by atoms with Crippen molar-refractivity contribution in [3.05, 3.63) is 0 Å². The molecule has 1 amide bonds. The Balaban J connectivity index is 2.20. The summed E-state index contributed by atoms with van der Waals surface area (Å²) in [5.74, 6) is -0.860. The third-order valence-corrected chi connectivity index (χ3v) is 4.77. The van der Waals surface area contributed by atoms with Gasteiger partial charge in [0, 0.05) is 24.1 Å². The highest BCUT2D eigenvalue weighted by Crippen LogP contribution is 2.39. The molecule has 0 heterocycles. The van der Waals surface area contributed by atoms with E-state index in [2.05, 4.69) is 11.6 Å². The molecule has 0 aromatic carbocycles. The molecule has 0 bridgehead atoms. The summed E-state index contributed by atoms with van der Waals surface area (Å²) in [5, 5.41) is 11.4. The van der Waals surface area contributed by atoms with Gasteiger partial charge in [0.25, 0.3) is 0 Å². The summed E-state index contributed by atoms with van der Waals surface area (Å²) in [6.45, 7) is 0.722. The Kier molecular flexibility index (Phi) is 5.82. The number of aliphatic carboxylic acids is 1. The minimum atomic E-state index is -0.839. The van der Waals surface area contributed by atoms with E-state index in [9.17, 15) is 9.59 Å². The van der Waals surface area contributed by atoms with Crippen molar-refractivity contribution >= 4 is 23.6 Å². The second kappa shape index (κ2) is 6.89. The van der Waals surface area contributed by atoms with Gasteiger partial charge in [-0.3, -0.25) is 9.59 Å². The van der Waals surface area contributed by atoms with Crippen molar-refractivity contribution in [2.75, 3.05) is 12.8 Å². The first kappa shape index (κ1) is 14.4. The zero-order chi connectivity index (χ0) is 12.7. The Morgan fingerprint density at radius 2 is 1.94 bits per heavy atom. The standard InChI is InChI=1S/C12H21NO3S/c1-17-12(7-2-3-8-12)9-13-10(14)5-4-6-11(15)16/h2-9H2,1H3,(H,13,14)(H,15,16). The minimum absolute atomic E-state index is 0.0217. The molecule has 1 aliphatic carbocycles. The first-order chi connectivity index (χ1) is 8.08. The van der Waals surface area contributed by atoms with Gasteiger partial charge in [-0.1, -0.05) is 12.8 Å². The lowest BCUT2D eigenvalue weighted by Crippen LogP contribution is -2.38. The zero-order valence-electron chi connectivity index (χ0n) is 10.3. The van der Waals surface area contributed by atoms with Gasteiger partial charge >= 0.3 is 5.97 Å². The van der Waals surface area contributed by atoms with E-state index in [-0.39, 0.29) is 17.1 Å². The third kappa shape index (κ3) is 4.98. The molecular formula is C12H21NO3S. The molecule has 1 aliphatic rings. The molecular weight excluding hydrogens is 238 g/mol. The maximum atomic E-state index is 11.5. The number of carboxylic acids is 1. The van der Waals surface area contributed by atoms with Gasteiger partial charge in [0.1, 0.15) is 0 Å². The number of carbonyl (C=O) groups excluding carboxylic acids is 1. The summed E-state index contributed by atoms with van der Waals surface area (Å²) in [4.78, 5) is 21.8. The molecule has 0 saturated heterocycles. The molecule has 2 N–H and O–H groups in total. The van der Waals surface area contributed by atoms with Gasteiger partial charge in [-0.15, -0.1) is 0 Å². The lowest BCUT2D eigenvalue weighted by Gasteiger charge is -2.26. The molecule has 0 spiro atoms. The monoisotopic (exact) mass is 259 g/mol. The van der Waals surface area contributed by atoms with Crippen LogP contribution in [0.25, 0.3) is 0 Å². The van der Waals surface area contributed by atoms with Crippen LogP contribution in [0, 0.1) is 0 Å². The fourth-order valence-corrected chi connectivity index (χ4v) is 3.13. The molecule has 4 nitrogen and oxygen atoms in total. The minimum Gasteiger partial charge on any atom is -0.481 e. The molecule has 0 radical (unpaired) electrons. The largest absolute Gasteiger partial charge is 0.481 e. The molecule has 0 aliphatic heterocycles. The molecule has 1 rings (SSSR count). The molecule has 0 atom stereocenters. The van der Waals surface area contributed by atoms with Crippen LogP contribution in [-0.2, 0) is 9.59 Å². The van der Waals surface area contributed by atoms with Crippen LogP contribution in [0.1, 0.15) is 44.9 Å². The van der Waals surface area contributed by atoms with Crippen molar-refractivity contribution < 1.29 is 14.7 Å². The van der Waals surface area contributed by atoms with Crippen LogP contribution in [0.4, 0.5) is 0 Å². The quantitative estimate of drug-likeness (QED) is 0.734.